The van der Waals surface area contributed by atoms with Crippen LogP contribution in [0.3, 0.4) is 0 Å². The summed E-state index contributed by atoms with van der Waals surface area (Å²) in [5.74, 6) is -0.384. The molecule has 0 fully saturated rings. The Morgan fingerprint density at radius 3 is 2.92 bits per heavy atom. The van der Waals surface area contributed by atoms with Crippen LogP contribution >= 0.6 is 11.6 Å². The first kappa shape index (κ1) is 8.51. The number of halogens is 2. The number of hydrogen-bond donors (Lipinski definition) is 0. The zero-order chi connectivity index (χ0) is 9.59. The third kappa shape index (κ3) is 1.11. The van der Waals surface area contributed by atoms with Crippen molar-refractivity contribution >= 4 is 22.6 Å². The lowest BCUT2D eigenvalue weighted by Gasteiger charge is -1.97. The van der Waals surface area contributed by atoms with Gasteiger partial charge in [-0.1, -0.05) is 11.6 Å². The smallest absolute Gasteiger partial charge is 0.154 e. The predicted octanol–water partition coefficient (Wildman–Crippen LogP) is 2.67. The molecule has 0 bridgehead atoms. The summed E-state index contributed by atoms with van der Waals surface area (Å²) in [6.07, 6.45) is 3.16. The summed E-state index contributed by atoms with van der Waals surface area (Å²) in [5.41, 5.74) is 1.48. The van der Waals surface area contributed by atoms with Gasteiger partial charge in [0.15, 0.2) is 5.82 Å². The van der Waals surface area contributed by atoms with Crippen molar-refractivity contribution in [2.24, 2.45) is 7.05 Å². The lowest BCUT2D eigenvalue weighted by molar-refractivity contribution is 0.638. The molecule has 0 amide bonds. The normalized spacial score (nSPS) is 11.1. The second-order valence-corrected chi connectivity index (χ2v) is 3.45. The lowest BCUT2D eigenvalue weighted by Crippen LogP contribution is -1.89. The van der Waals surface area contributed by atoms with Gasteiger partial charge in [0.05, 0.1) is 16.6 Å². The highest BCUT2D eigenvalue weighted by Gasteiger charge is 2.12. The second-order valence-electron chi connectivity index (χ2n) is 3.04. The van der Waals surface area contributed by atoms with Crippen LogP contribution in [0.1, 0.15) is 5.56 Å². The molecule has 0 atom stereocenters. The molecular weight excluding hydrogens is 191 g/mol. The molecule has 0 aliphatic rings. The Labute approximate surface area is 80.0 Å². The average molecular weight is 199 g/mol. The Bertz CT molecular complexity index is 476. The number of nitrogens with zero attached hydrogens (tertiary/aromatic N) is 2. The molecule has 0 N–H and O–H groups in total. The SMILES string of the molecule is Cc1cn(C)c2ncc(Cl)c(F)c12. The van der Waals surface area contributed by atoms with E-state index in [1.807, 2.05) is 20.2 Å². The molecule has 2 aromatic rings. The first-order valence-electron chi connectivity index (χ1n) is 3.87. The summed E-state index contributed by atoms with van der Waals surface area (Å²) < 4.78 is 15.3. The Kier molecular flexibility index (Phi) is 1.77. The molecule has 0 aliphatic carbocycles. The Morgan fingerprint density at radius 2 is 2.23 bits per heavy atom. The number of aromatic nitrogens is 2. The summed E-state index contributed by atoms with van der Waals surface area (Å²) in [6.45, 7) is 1.84. The number of pyridine rings is 1. The van der Waals surface area contributed by atoms with E-state index >= 15 is 0 Å². The molecule has 0 spiro atoms. The molecule has 2 nitrogen and oxygen atoms in total. The predicted molar refractivity (Wildman–Crippen MR) is 50.4 cm³/mol. The molecule has 2 rings (SSSR count). The van der Waals surface area contributed by atoms with Crippen molar-refractivity contribution in [1.29, 1.82) is 0 Å². The van der Waals surface area contributed by atoms with E-state index in [4.69, 9.17) is 11.6 Å². The fraction of sp³-hybridized carbons (Fsp3) is 0.222. The van der Waals surface area contributed by atoms with Crippen molar-refractivity contribution in [3.8, 4) is 0 Å². The van der Waals surface area contributed by atoms with Gasteiger partial charge in [0.25, 0.3) is 0 Å². The maximum Gasteiger partial charge on any atom is 0.154 e. The van der Waals surface area contributed by atoms with Gasteiger partial charge < -0.3 is 4.57 Å². The fourth-order valence-electron chi connectivity index (χ4n) is 1.49. The van der Waals surface area contributed by atoms with E-state index in [9.17, 15) is 4.39 Å². The van der Waals surface area contributed by atoms with Crippen LogP contribution in [0.15, 0.2) is 12.4 Å². The van der Waals surface area contributed by atoms with Crippen molar-refractivity contribution in [2.45, 2.75) is 6.92 Å². The molecule has 13 heavy (non-hydrogen) atoms. The first-order valence-corrected chi connectivity index (χ1v) is 4.24. The lowest BCUT2D eigenvalue weighted by atomic mass is 10.2. The molecule has 4 heteroatoms. The van der Waals surface area contributed by atoms with Gasteiger partial charge in [0, 0.05) is 13.2 Å². The van der Waals surface area contributed by atoms with Crippen molar-refractivity contribution in [2.75, 3.05) is 0 Å². The molecular formula is C9H8ClFN2. The Balaban J connectivity index is 2.98. The van der Waals surface area contributed by atoms with Crippen LogP contribution in [0.25, 0.3) is 11.0 Å². The summed E-state index contributed by atoms with van der Waals surface area (Å²) >= 11 is 5.62. The fourth-order valence-corrected chi connectivity index (χ4v) is 1.63. The molecule has 0 saturated carbocycles. The molecule has 0 saturated heterocycles. The van der Waals surface area contributed by atoms with E-state index in [2.05, 4.69) is 4.98 Å². The number of rotatable bonds is 0. The highest BCUT2D eigenvalue weighted by Crippen LogP contribution is 2.25. The van der Waals surface area contributed by atoms with E-state index < -0.39 is 0 Å². The zero-order valence-electron chi connectivity index (χ0n) is 7.31. The van der Waals surface area contributed by atoms with Crippen molar-refractivity contribution in [3.63, 3.8) is 0 Å². The van der Waals surface area contributed by atoms with Crippen molar-refractivity contribution < 1.29 is 4.39 Å². The monoisotopic (exact) mass is 198 g/mol. The standard InChI is InChI=1S/C9H8ClFN2/c1-5-4-13(2)9-7(5)8(11)6(10)3-12-9/h3-4H,1-2H3. The second kappa shape index (κ2) is 2.70. The highest BCUT2D eigenvalue weighted by atomic mass is 35.5. The van der Waals surface area contributed by atoms with Gasteiger partial charge in [-0.05, 0) is 12.5 Å². The molecule has 2 aromatic heterocycles. The maximum atomic E-state index is 13.5. The minimum Gasteiger partial charge on any atom is -0.335 e. The van der Waals surface area contributed by atoms with Gasteiger partial charge >= 0.3 is 0 Å². The van der Waals surface area contributed by atoms with Crippen LogP contribution in [0.5, 0.6) is 0 Å². The molecule has 0 aromatic carbocycles. The van der Waals surface area contributed by atoms with E-state index in [0.717, 1.165) is 5.56 Å². The maximum absolute atomic E-state index is 13.5. The number of aryl methyl sites for hydroxylation is 2. The third-order valence-corrected chi connectivity index (χ3v) is 2.33. The van der Waals surface area contributed by atoms with Crippen LogP contribution in [0.2, 0.25) is 5.02 Å². The molecule has 2 heterocycles. The van der Waals surface area contributed by atoms with Gasteiger partial charge in [-0.3, -0.25) is 0 Å². The molecule has 0 aliphatic heterocycles. The summed E-state index contributed by atoms with van der Waals surface area (Å²) in [5, 5.41) is 0.580. The first-order chi connectivity index (χ1) is 6.11. The van der Waals surface area contributed by atoms with Gasteiger partial charge in [0.1, 0.15) is 5.65 Å². The van der Waals surface area contributed by atoms with E-state index in [0.29, 0.717) is 11.0 Å². The third-order valence-electron chi connectivity index (χ3n) is 2.07. The molecule has 68 valence electrons. The van der Waals surface area contributed by atoms with Crippen LogP contribution in [0.4, 0.5) is 4.39 Å². The summed E-state index contributed by atoms with van der Waals surface area (Å²) in [6, 6.07) is 0. The summed E-state index contributed by atoms with van der Waals surface area (Å²) in [4.78, 5) is 4.05. The van der Waals surface area contributed by atoms with Crippen LogP contribution < -0.4 is 0 Å². The van der Waals surface area contributed by atoms with Crippen molar-refractivity contribution in [1.82, 2.24) is 9.55 Å². The van der Waals surface area contributed by atoms with Gasteiger partial charge in [-0.25, -0.2) is 9.37 Å². The minimum absolute atomic E-state index is 0.0711. The van der Waals surface area contributed by atoms with Gasteiger partial charge in [0.2, 0.25) is 0 Å². The quantitative estimate of drug-likeness (QED) is 0.637. The minimum atomic E-state index is -0.384. The number of fused-ring (bicyclic) bond motifs is 1. The van der Waals surface area contributed by atoms with E-state index in [-0.39, 0.29) is 10.8 Å². The van der Waals surface area contributed by atoms with Gasteiger partial charge in [-0.2, -0.15) is 0 Å². The van der Waals surface area contributed by atoms with Crippen LogP contribution in [-0.2, 0) is 7.05 Å². The zero-order valence-corrected chi connectivity index (χ0v) is 8.06. The Morgan fingerprint density at radius 1 is 1.54 bits per heavy atom. The average Bonchev–Trinajstić information content (AvgIpc) is 2.35. The van der Waals surface area contributed by atoms with Gasteiger partial charge in [-0.15, -0.1) is 0 Å². The van der Waals surface area contributed by atoms with Crippen molar-refractivity contribution in [3.05, 3.63) is 28.8 Å². The number of hydrogen-bond acceptors (Lipinski definition) is 1. The van der Waals surface area contributed by atoms with E-state index in [1.54, 1.807) is 4.57 Å². The largest absolute Gasteiger partial charge is 0.335 e. The molecule has 0 radical (unpaired) electrons. The van der Waals surface area contributed by atoms with E-state index in [1.165, 1.54) is 6.20 Å². The van der Waals surface area contributed by atoms with Crippen LogP contribution in [0, 0.1) is 12.7 Å². The summed E-state index contributed by atoms with van der Waals surface area (Å²) in [7, 11) is 1.83. The Hall–Kier alpha value is -1.09. The molecule has 0 unspecified atom stereocenters. The van der Waals surface area contributed by atoms with Crippen LogP contribution in [-0.4, -0.2) is 9.55 Å². The topological polar surface area (TPSA) is 17.8 Å². The highest BCUT2D eigenvalue weighted by molar-refractivity contribution is 6.31.